The fourth-order valence-electron chi connectivity index (χ4n) is 3.74. The molecule has 2 atom stereocenters. The quantitative estimate of drug-likeness (QED) is 0.356. The lowest BCUT2D eigenvalue weighted by atomic mass is 10.0. The molecule has 4 rings (SSSR count). The maximum Gasteiger partial charge on any atom is 0.233 e. The second-order valence-corrected chi connectivity index (χ2v) is 8.61. The molecule has 32 heavy (non-hydrogen) atoms. The SMILES string of the molecule is CCC(Nc1nc(NCc2cccs2)nc(Nc2ccc(OC)c(F)c2)n1)C1CCCN1. The van der Waals surface area contributed by atoms with Gasteiger partial charge in [-0.05, 0) is 49.4 Å². The van der Waals surface area contributed by atoms with Gasteiger partial charge in [-0.15, -0.1) is 11.3 Å². The largest absolute Gasteiger partial charge is 0.494 e. The fraction of sp³-hybridized carbons (Fsp3) is 0.409. The van der Waals surface area contributed by atoms with Gasteiger partial charge in [0.15, 0.2) is 11.6 Å². The minimum atomic E-state index is -0.459. The first-order valence-electron chi connectivity index (χ1n) is 10.8. The maximum absolute atomic E-state index is 14.1. The summed E-state index contributed by atoms with van der Waals surface area (Å²) in [7, 11) is 1.43. The number of ether oxygens (including phenoxy) is 1. The van der Waals surface area contributed by atoms with Crippen LogP contribution in [0.25, 0.3) is 0 Å². The molecule has 1 aliphatic heterocycles. The number of nitrogens with zero attached hydrogens (tertiary/aromatic N) is 3. The Balaban J connectivity index is 1.56. The fourth-order valence-corrected chi connectivity index (χ4v) is 4.38. The summed E-state index contributed by atoms with van der Waals surface area (Å²) < 4.78 is 19.1. The van der Waals surface area contributed by atoms with Gasteiger partial charge in [0.2, 0.25) is 17.8 Å². The van der Waals surface area contributed by atoms with Crippen LogP contribution in [0.15, 0.2) is 35.7 Å². The zero-order valence-corrected chi connectivity index (χ0v) is 19.0. The van der Waals surface area contributed by atoms with E-state index in [1.165, 1.54) is 24.5 Å². The molecule has 1 fully saturated rings. The van der Waals surface area contributed by atoms with Crippen LogP contribution in [0.3, 0.4) is 0 Å². The molecular weight excluding hydrogens is 429 g/mol. The van der Waals surface area contributed by atoms with Crippen LogP contribution in [0.5, 0.6) is 5.75 Å². The summed E-state index contributed by atoms with van der Waals surface area (Å²) in [6.45, 7) is 3.79. The first-order valence-corrected chi connectivity index (χ1v) is 11.7. The molecule has 1 saturated heterocycles. The summed E-state index contributed by atoms with van der Waals surface area (Å²) >= 11 is 1.66. The molecule has 1 aromatic carbocycles. The Kier molecular flexibility index (Phi) is 7.33. The highest BCUT2D eigenvalue weighted by molar-refractivity contribution is 7.09. The molecule has 0 radical (unpaired) electrons. The van der Waals surface area contributed by atoms with Crippen LogP contribution in [0.2, 0.25) is 0 Å². The van der Waals surface area contributed by atoms with E-state index in [4.69, 9.17) is 4.74 Å². The number of thiophene rings is 1. The molecule has 3 aromatic rings. The molecular formula is C22H28FN7OS. The Hall–Kier alpha value is -2.98. The van der Waals surface area contributed by atoms with Gasteiger partial charge in [0.1, 0.15) is 0 Å². The Bertz CT molecular complexity index is 1010. The van der Waals surface area contributed by atoms with Gasteiger partial charge in [-0.25, -0.2) is 4.39 Å². The molecule has 8 nitrogen and oxygen atoms in total. The molecule has 4 N–H and O–H groups in total. The van der Waals surface area contributed by atoms with Crippen molar-refractivity contribution in [3.05, 3.63) is 46.4 Å². The van der Waals surface area contributed by atoms with E-state index >= 15 is 0 Å². The molecule has 3 heterocycles. The number of benzene rings is 1. The van der Waals surface area contributed by atoms with E-state index < -0.39 is 5.82 Å². The summed E-state index contributed by atoms with van der Waals surface area (Å²) in [6, 6.07) is 9.28. The van der Waals surface area contributed by atoms with E-state index in [2.05, 4.69) is 49.2 Å². The van der Waals surface area contributed by atoms with Crippen LogP contribution in [-0.4, -0.2) is 40.7 Å². The van der Waals surface area contributed by atoms with Crippen molar-refractivity contribution >= 4 is 34.9 Å². The number of hydrogen-bond acceptors (Lipinski definition) is 9. The van der Waals surface area contributed by atoms with Gasteiger partial charge in [0.25, 0.3) is 0 Å². The van der Waals surface area contributed by atoms with Crippen LogP contribution in [0, 0.1) is 5.82 Å². The third-order valence-electron chi connectivity index (χ3n) is 5.38. The second kappa shape index (κ2) is 10.6. The lowest BCUT2D eigenvalue weighted by Gasteiger charge is -2.24. The van der Waals surface area contributed by atoms with Crippen LogP contribution < -0.4 is 26.0 Å². The van der Waals surface area contributed by atoms with Gasteiger partial charge in [-0.3, -0.25) is 0 Å². The van der Waals surface area contributed by atoms with Crippen molar-refractivity contribution in [3.8, 4) is 5.75 Å². The molecule has 1 aliphatic rings. The van der Waals surface area contributed by atoms with Crippen LogP contribution in [-0.2, 0) is 6.54 Å². The zero-order valence-electron chi connectivity index (χ0n) is 18.2. The lowest BCUT2D eigenvalue weighted by Crippen LogP contribution is -2.40. The van der Waals surface area contributed by atoms with Gasteiger partial charge in [-0.1, -0.05) is 13.0 Å². The smallest absolute Gasteiger partial charge is 0.233 e. The Morgan fingerprint density at radius 1 is 1.22 bits per heavy atom. The molecule has 0 amide bonds. The molecule has 0 bridgehead atoms. The highest BCUT2D eigenvalue weighted by Crippen LogP contribution is 2.24. The average molecular weight is 458 g/mol. The number of anilines is 4. The standard InChI is InChI=1S/C22H28FN7OS/c1-3-17(18-7-4-10-24-18)27-22-29-20(25-13-15-6-5-11-32-15)28-21(30-22)26-14-8-9-19(31-2)16(23)12-14/h5-6,8-9,11-12,17-18,24H,3-4,7,10,13H2,1-2H3,(H3,25,26,27,28,29,30). The monoisotopic (exact) mass is 457 g/mol. The molecule has 10 heteroatoms. The van der Waals surface area contributed by atoms with Gasteiger partial charge in [-0.2, -0.15) is 15.0 Å². The lowest BCUT2D eigenvalue weighted by molar-refractivity contribution is 0.386. The first-order chi connectivity index (χ1) is 15.6. The zero-order chi connectivity index (χ0) is 22.3. The number of rotatable bonds is 10. The highest BCUT2D eigenvalue weighted by Gasteiger charge is 2.24. The minimum absolute atomic E-state index is 0.182. The molecule has 0 saturated carbocycles. The highest BCUT2D eigenvalue weighted by atomic mass is 32.1. The van der Waals surface area contributed by atoms with E-state index in [1.54, 1.807) is 23.5 Å². The molecule has 2 unspecified atom stereocenters. The van der Waals surface area contributed by atoms with E-state index in [0.29, 0.717) is 36.1 Å². The van der Waals surface area contributed by atoms with Gasteiger partial charge in [0.05, 0.1) is 13.7 Å². The van der Waals surface area contributed by atoms with Crippen molar-refractivity contribution in [1.82, 2.24) is 20.3 Å². The van der Waals surface area contributed by atoms with E-state index in [1.807, 2.05) is 11.4 Å². The number of hydrogen-bond donors (Lipinski definition) is 4. The van der Waals surface area contributed by atoms with Crippen molar-refractivity contribution in [2.75, 3.05) is 29.6 Å². The van der Waals surface area contributed by atoms with Crippen molar-refractivity contribution in [1.29, 1.82) is 0 Å². The number of methoxy groups -OCH3 is 1. The predicted molar refractivity (Wildman–Crippen MR) is 126 cm³/mol. The molecule has 0 aliphatic carbocycles. The van der Waals surface area contributed by atoms with Crippen LogP contribution >= 0.6 is 11.3 Å². The Labute approximate surface area is 191 Å². The van der Waals surface area contributed by atoms with E-state index in [-0.39, 0.29) is 11.8 Å². The number of nitrogens with one attached hydrogen (secondary N) is 4. The first kappa shape index (κ1) is 22.2. The molecule has 2 aromatic heterocycles. The normalized spacial score (nSPS) is 16.5. The summed E-state index contributed by atoms with van der Waals surface area (Å²) in [4.78, 5) is 14.8. The van der Waals surface area contributed by atoms with Crippen molar-refractivity contribution < 1.29 is 9.13 Å². The van der Waals surface area contributed by atoms with Crippen LogP contribution in [0.1, 0.15) is 31.1 Å². The maximum atomic E-state index is 14.1. The third-order valence-corrected chi connectivity index (χ3v) is 6.26. The summed E-state index contributed by atoms with van der Waals surface area (Å²) in [5, 5.41) is 15.4. The average Bonchev–Trinajstić information content (AvgIpc) is 3.50. The van der Waals surface area contributed by atoms with Crippen LogP contribution in [0.4, 0.5) is 27.9 Å². The van der Waals surface area contributed by atoms with Gasteiger partial charge < -0.3 is 26.0 Å². The van der Waals surface area contributed by atoms with Crippen molar-refractivity contribution in [2.24, 2.45) is 0 Å². The van der Waals surface area contributed by atoms with E-state index in [0.717, 1.165) is 19.4 Å². The third kappa shape index (κ3) is 5.63. The molecule has 0 spiro atoms. The van der Waals surface area contributed by atoms with Crippen molar-refractivity contribution in [2.45, 2.75) is 44.8 Å². The van der Waals surface area contributed by atoms with Crippen molar-refractivity contribution in [3.63, 3.8) is 0 Å². The summed E-state index contributed by atoms with van der Waals surface area (Å²) in [5.74, 6) is 0.975. The second-order valence-electron chi connectivity index (χ2n) is 7.58. The topological polar surface area (TPSA) is 96.0 Å². The summed E-state index contributed by atoms with van der Waals surface area (Å²) in [6.07, 6.45) is 3.23. The Morgan fingerprint density at radius 2 is 2.06 bits per heavy atom. The Morgan fingerprint density at radius 3 is 2.75 bits per heavy atom. The number of halogens is 1. The van der Waals surface area contributed by atoms with Gasteiger partial charge >= 0.3 is 0 Å². The summed E-state index contributed by atoms with van der Waals surface area (Å²) in [5.41, 5.74) is 0.522. The van der Waals surface area contributed by atoms with Gasteiger partial charge in [0, 0.05) is 28.7 Å². The van der Waals surface area contributed by atoms with E-state index in [9.17, 15) is 4.39 Å². The minimum Gasteiger partial charge on any atom is -0.494 e. The molecule has 170 valence electrons. The predicted octanol–water partition coefficient (Wildman–Crippen LogP) is 4.38. The number of aromatic nitrogens is 3.